The molecule has 0 radical (unpaired) electrons. The minimum atomic E-state index is -4.93. The molecule has 4 nitrogen and oxygen atoms in total. The number of rotatable bonds is 3. The zero-order valence-electron chi connectivity index (χ0n) is 8.58. The van der Waals surface area contributed by atoms with E-state index in [1.165, 1.54) is 0 Å². The van der Waals surface area contributed by atoms with E-state index in [0.717, 1.165) is 12.1 Å². The summed E-state index contributed by atoms with van der Waals surface area (Å²) in [5.74, 6) is -1.97. The number of ether oxygens (including phenoxy) is 1. The lowest BCUT2D eigenvalue weighted by molar-refractivity contribution is -0.275. The third kappa shape index (κ3) is 3.92. The second-order valence-electron chi connectivity index (χ2n) is 3.17. The van der Waals surface area contributed by atoms with Crippen molar-refractivity contribution in [2.75, 3.05) is 0 Å². The molecule has 18 heavy (non-hydrogen) atoms. The van der Waals surface area contributed by atoms with Gasteiger partial charge in [0.1, 0.15) is 11.8 Å². The summed E-state index contributed by atoms with van der Waals surface area (Å²) in [6.07, 6.45) is -5.60. The van der Waals surface area contributed by atoms with E-state index in [2.05, 4.69) is 20.7 Å². The average Bonchev–Trinajstić information content (AvgIpc) is 2.19. The molecule has 0 unspecified atom stereocenters. The molecule has 0 saturated heterocycles. The van der Waals surface area contributed by atoms with Crippen molar-refractivity contribution in [3.05, 3.63) is 27.7 Å². The molecule has 1 N–H and O–H groups in total. The molecule has 1 aromatic carbocycles. The zero-order chi connectivity index (χ0) is 13.9. The summed E-state index contributed by atoms with van der Waals surface area (Å²) in [4.78, 5) is 10.5. The number of carboxylic acid groups (broad SMARTS) is 1. The largest absolute Gasteiger partial charge is 0.573 e. The molecule has 0 aliphatic rings. The third-order valence-electron chi connectivity index (χ3n) is 1.84. The van der Waals surface area contributed by atoms with Crippen molar-refractivity contribution in [2.45, 2.75) is 12.8 Å². The van der Waals surface area contributed by atoms with E-state index in [-0.39, 0.29) is 15.6 Å². The van der Waals surface area contributed by atoms with Gasteiger partial charge in [0, 0.05) is 10.0 Å². The maximum absolute atomic E-state index is 12.1. The quantitative estimate of drug-likeness (QED) is 0.928. The lowest BCUT2D eigenvalue weighted by Crippen LogP contribution is -2.19. The molecule has 0 aromatic heterocycles. The Morgan fingerprint density at radius 1 is 1.50 bits per heavy atom. The monoisotopic (exact) mass is 323 g/mol. The number of hydrogen-bond donors (Lipinski definition) is 1. The molecule has 1 aromatic rings. The van der Waals surface area contributed by atoms with Gasteiger partial charge in [0.15, 0.2) is 0 Å². The Morgan fingerprint density at radius 3 is 2.56 bits per heavy atom. The fourth-order valence-corrected chi connectivity index (χ4v) is 1.62. The summed E-state index contributed by atoms with van der Waals surface area (Å²) in [5, 5.41) is 17.3. The van der Waals surface area contributed by atoms with E-state index in [9.17, 15) is 18.0 Å². The molecular formula is C10H5BrF3NO3. The van der Waals surface area contributed by atoms with Crippen molar-refractivity contribution >= 4 is 21.9 Å². The van der Waals surface area contributed by atoms with Crippen LogP contribution < -0.4 is 4.74 Å². The topological polar surface area (TPSA) is 70.3 Å². The van der Waals surface area contributed by atoms with E-state index >= 15 is 0 Å². The normalized spacial score (nSPS) is 10.8. The minimum absolute atomic E-state index is 0.0285. The van der Waals surface area contributed by atoms with Crippen LogP contribution >= 0.6 is 15.9 Å². The van der Waals surface area contributed by atoms with Crippen LogP contribution in [0.3, 0.4) is 0 Å². The molecule has 0 aliphatic carbocycles. The molecule has 96 valence electrons. The first-order valence-corrected chi connectivity index (χ1v) is 5.22. The first-order chi connectivity index (χ1) is 8.23. The molecule has 0 saturated carbocycles. The second-order valence-corrected chi connectivity index (χ2v) is 4.02. The number of carbonyl (C=O) groups is 1. The summed E-state index contributed by atoms with van der Waals surface area (Å²) in [7, 11) is 0. The van der Waals surface area contributed by atoms with Crippen LogP contribution in [0.15, 0.2) is 16.6 Å². The summed E-state index contributed by atoms with van der Waals surface area (Å²) < 4.78 is 40.2. The van der Waals surface area contributed by atoms with Gasteiger partial charge < -0.3 is 9.84 Å². The standard InChI is InChI=1S/C10H5BrF3NO3/c11-7-3-8(18-10(12,13)14)5(2-9(16)17)1-6(7)4-15/h1,3H,2H2,(H,16,17). The van der Waals surface area contributed by atoms with E-state index < -0.39 is 24.5 Å². The van der Waals surface area contributed by atoms with Gasteiger partial charge in [-0.05, 0) is 28.1 Å². The molecule has 0 amide bonds. The molecule has 1 rings (SSSR count). The number of halogens is 4. The van der Waals surface area contributed by atoms with Gasteiger partial charge in [-0.3, -0.25) is 4.79 Å². The Bertz CT molecular complexity index is 522. The molecule has 0 bridgehead atoms. The fraction of sp³-hybridized carbons (Fsp3) is 0.200. The number of hydrogen-bond acceptors (Lipinski definition) is 3. The number of benzene rings is 1. The maximum atomic E-state index is 12.1. The first kappa shape index (κ1) is 14.3. The Morgan fingerprint density at radius 2 is 2.11 bits per heavy atom. The van der Waals surface area contributed by atoms with Gasteiger partial charge in [0.2, 0.25) is 0 Å². The lowest BCUT2D eigenvalue weighted by Gasteiger charge is -2.13. The smallest absolute Gasteiger partial charge is 0.481 e. The van der Waals surface area contributed by atoms with Gasteiger partial charge in [0.05, 0.1) is 12.0 Å². The molecule has 0 heterocycles. The average molecular weight is 324 g/mol. The summed E-state index contributed by atoms with van der Waals surface area (Å²) in [6, 6.07) is 3.68. The van der Waals surface area contributed by atoms with Crippen molar-refractivity contribution in [2.24, 2.45) is 0 Å². The predicted octanol–water partition coefficient (Wildman–Crippen LogP) is 2.85. The second kappa shape index (κ2) is 5.27. The van der Waals surface area contributed by atoms with Crippen molar-refractivity contribution < 1.29 is 27.8 Å². The Hall–Kier alpha value is -1.75. The van der Waals surface area contributed by atoms with Gasteiger partial charge in [-0.25, -0.2) is 0 Å². The van der Waals surface area contributed by atoms with Gasteiger partial charge >= 0.3 is 12.3 Å². The van der Waals surface area contributed by atoms with Crippen LogP contribution in [0.1, 0.15) is 11.1 Å². The van der Waals surface area contributed by atoms with Crippen molar-refractivity contribution in [1.82, 2.24) is 0 Å². The number of alkyl halides is 3. The van der Waals surface area contributed by atoms with Crippen molar-refractivity contribution in [3.8, 4) is 11.8 Å². The van der Waals surface area contributed by atoms with E-state index in [1.54, 1.807) is 6.07 Å². The lowest BCUT2D eigenvalue weighted by atomic mass is 10.1. The summed E-state index contributed by atoms with van der Waals surface area (Å²) in [6.45, 7) is 0. The van der Waals surface area contributed by atoms with Crippen LogP contribution in [-0.2, 0) is 11.2 Å². The molecular weight excluding hydrogens is 319 g/mol. The Balaban J connectivity index is 3.26. The molecule has 0 spiro atoms. The Labute approximate surface area is 108 Å². The van der Waals surface area contributed by atoms with Crippen LogP contribution in [0.4, 0.5) is 13.2 Å². The highest BCUT2D eigenvalue weighted by Gasteiger charge is 2.32. The first-order valence-electron chi connectivity index (χ1n) is 4.43. The summed E-state index contributed by atoms with van der Waals surface area (Å²) >= 11 is 2.90. The van der Waals surface area contributed by atoms with Crippen molar-refractivity contribution in [3.63, 3.8) is 0 Å². The highest BCUT2D eigenvalue weighted by molar-refractivity contribution is 9.10. The predicted molar refractivity (Wildman–Crippen MR) is 56.9 cm³/mol. The van der Waals surface area contributed by atoms with Crippen LogP contribution in [-0.4, -0.2) is 17.4 Å². The minimum Gasteiger partial charge on any atom is -0.481 e. The molecule has 0 fully saturated rings. The van der Waals surface area contributed by atoms with Gasteiger partial charge in [-0.1, -0.05) is 0 Å². The maximum Gasteiger partial charge on any atom is 0.573 e. The van der Waals surface area contributed by atoms with Crippen LogP contribution in [0.2, 0.25) is 0 Å². The van der Waals surface area contributed by atoms with E-state index in [1.807, 2.05) is 0 Å². The molecule has 0 aliphatic heterocycles. The van der Waals surface area contributed by atoms with Gasteiger partial charge in [-0.15, -0.1) is 13.2 Å². The Kier molecular flexibility index (Phi) is 4.19. The highest BCUT2D eigenvalue weighted by atomic mass is 79.9. The van der Waals surface area contributed by atoms with Crippen LogP contribution in [0.25, 0.3) is 0 Å². The SMILES string of the molecule is N#Cc1cc(CC(=O)O)c(OC(F)(F)F)cc1Br. The number of nitriles is 1. The zero-order valence-corrected chi connectivity index (χ0v) is 10.2. The number of nitrogens with zero attached hydrogens (tertiary/aromatic N) is 1. The molecule has 8 heteroatoms. The van der Waals surface area contributed by atoms with E-state index in [0.29, 0.717) is 0 Å². The number of carboxylic acids is 1. The molecule has 0 atom stereocenters. The van der Waals surface area contributed by atoms with Crippen LogP contribution in [0.5, 0.6) is 5.75 Å². The summed E-state index contributed by atoms with van der Waals surface area (Å²) in [5.41, 5.74) is -0.194. The fourth-order valence-electron chi connectivity index (χ4n) is 1.21. The highest BCUT2D eigenvalue weighted by Crippen LogP contribution is 2.31. The van der Waals surface area contributed by atoms with E-state index in [4.69, 9.17) is 10.4 Å². The number of aliphatic carboxylic acids is 1. The van der Waals surface area contributed by atoms with Gasteiger partial charge in [0.25, 0.3) is 0 Å². The van der Waals surface area contributed by atoms with Crippen LogP contribution in [0, 0.1) is 11.3 Å². The van der Waals surface area contributed by atoms with Crippen molar-refractivity contribution in [1.29, 1.82) is 5.26 Å². The third-order valence-corrected chi connectivity index (χ3v) is 2.49. The van der Waals surface area contributed by atoms with Gasteiger partial charge in [-0.2, -0.15) is 5.26 Å².